The predicted octanol–water partition coefficient (Wildman–Crippen LogP) is 3.39. The van der Waals surface area contributed by atoms with E-state index in [1.165, 1.54) is 0 Å². The highest BCUT2D eigenvalue weighted by Crippen LogP contribution is 2.22. The Labute approximate surface area is 145 Å². The third kappa shape index (κ3) is 5.13. The first-order chi connectivity index (χ1) is 11.0. The van der Waals surface area contributed by atoms with Crippen LogP contribution < -0.4 is 10.1 Å². The molecule has 0 aliphatic rings. The van der Waals surface area contributed by atoms with Crippen molar-refractivity contribution in [2.75, 3.05) is 13.7 Å². The Morgan fingerprint density at radius 3 is 2.48 bits per heavy atom. The van der Waals surface area contributed by atoms with Crippen LogP contribution in [0.5, 0.6) is 5.75 Å². The lowest BCUT2D eigenvalue weighted by atomic mass is 10.1. The molecular formula is C17H17Cl2NO3. The second-order valence-electron chi connectivity index (χ2n) is 5.02. The van der Waals surface area contributed by atoms with Gasteiger partial charge in [-0.05, 0) is 35.4 Å². The number of hydrogen-bond acceptors (Lipinski definition) is 3. The van der Waals surface area contributed by atoms with Crippen molar-refractivity contribution in [3.05, 3.63) is 63.6 Å². The van der Waals surface area contributed by atoms with E-state index < -0.39 is 6.10 Å². The van der Waals surface area contributed by atoms with Crippen LogP contribution in [0.4, 0.5) is 0 Å². The molecule has 2 aromatic carbocycles. The molecule has 122 valence electrons. The topological polar surface area (TPSA) is 58.6 Å². The smallest absolute Gasteiger partial charge is 0.224 e. The van der Waals surface area contributed by atoms with Crippen LogP contribution in [0.15, 0.2) is 42.5 Å². The van der Waals surface area contributed by atoms with Gasteiger partial charge in [0.05, 0.1) is 29.7 Å². The number of rotatable bonds is 6. The minimum atomic E-state index is -0.779. The van der Waals surface area contributed by atoms with Gasteiger partial charge in [-0.15, -0.1) is 0 Å². The quantitative estimate of drug-likeness (QED) is 0.836. The second-order valence-corrected chi connectivity index (χ2v) is 5.83. The van der Waals surface area contributed by atoms with E-state index in [1.807, 2.05) is 0 Å². The first-order valence-electron chi connectivity index (χ1n) is 7.02. The first-order valence-corrected chi connectivity index (χ1v) is 7.78. The molecule has 1 atom stereocenters. The molecule has 4 nitrogen and oxygen atoms in total. The van der Waals surface area contributed by atoms with Gasteiger partial charge in [0.1, 0.15) is 5.75 Å². The van der Waals surface area contributed by atoms with Crippen LogP contribution in [0.1, 0.15) is 17.2 Å². The molecule has 23 heavy (non-hydrogen) atoms. The van der Waals surface area contributed by atoms with Gasteiger partial charge in [-0.2, -0.15) is 0 Å². The highest BCUT2D eigenvalue weighted by atomic mass is 35.5. The molecule has 0 spiro atoms. The van der Waals surface area contributed by atoms with Crippen molar-refractivity contribution < 1.29 is 14.6 Å². The van der Waals surface area contributed by atoms with Gasteiger partial charge < -0.3 is 15.2 Å². The molecule has 0 heterocycles. The molecule has 0 aromatic heterocycles. The fourth-order valence-electron chi connectivity index (χ4n) is 2.05. The fraction of sp³-hybridized carbons (Fsp3) is 0.235. The number of ether oxygens (including phenoxy) is 1. The summed E-state index contributed by atoms with van der Waals surface area (Å²) in [6, 6.07) is 12.1. The van der Waals surface area contributed by atoms with E-state index in [1.54, 1.807) is 49.6 Å². The monoisotopic (exact) mass is 353 g/mol. The van der Waals surface area contributed by atoms with E-state index in [2.05, 4.69) is 5.32 Å². The summed E-state index contributed by atoms with van der Waals surface area (Å²) in [5.41, 5.74) is 1.47. The van der Waals surface area contributed by atoms with Crippen molar-refractivity contribution in [3.8, 4) is 5.75 Å². The van der Waals surface area contributed by atoms with E-state index in [4.69, 9.17) is 27.9 Å². The van der Waals surface area contributed by atoms with Gasteiger partial charge in [-0.1, -0.05) is 41.4 Å². The van der Waals surface area contributed by atoms with Crippen LogP contribution in [0.2, 0.25) is 10.0 Å². The van der Waals surface area contributed by atoms with Gasteiger partial charge in [0.2, 0.25) is 5.91 Å². The molecule has 6 heteroatoms. The summed E-state index contributed by atoms with van der Waals surface area (Å²) in [6.07, 6.45) is -0.606. The molecule has 0 aliphatic heterocycles. The second kappa shape index (κ2) is 8.20. The Hall–Kier alpha value is -1.75. The van der Waals surface area contributed by atoms with Crippen molar-refractivity contribution in [3.63, 3.8) is 0 Å². The lowest BCUT2D eigenvalue weighted by Gasteiger charge is -2.13. The molecule has 2 N–H and O–H groups in total. The van der Waals surface area contributed by atoms with Crippen LogP contribution >= 0.6 is 23.2 Å². The third-order valence-electron chi connectivity index (χ3n) is 3.34. The minimum absolute atomic E-state index is 0.131. The van der Waals surface area contributed by atoms with Crippen LogP contribution in [0, 0.1) is 0 Å². The molecule has 0 fully saturated rings. The van der Waals surface area contributed by atoms with E-state index in [0.29, 0.717) is 21.4 Å². The summed E-state index contributed by atoms with van der Waals surface area (Å²) in [5, 5.41) is 13.6. The number of carbonyl (C=O) groups excluding carboxylic acids is 1. The summed E-state index contributed by atoms with van der Waals surface area (Å²) in [5.74, 6) is 0.514. The predicted molar refractivity (Wildman–Crippen MR) is 91.1 cm³/mol. The lowest BCUT2D eigenvalue weighted by molar-refractivity contribution is -0.120. The maximum Gasteiger partial charge on any atom is 0.224 e. The maximum atomic E-state index is 11.9. The molecule has 0 saturated carbocycles. The highest BCUT2D eigenvalue weighted by molar-refractivity contribution is 6.42. The zero-order valence-electron chi connectivity index (χ0n) is 12.6. The van der Waals surface area contributed by atoms with Crippen LogP contribution in [-0.2, 0) is 11.2 Å². The normalized spacial score (nSPS) is 11.8. The summed E-state index contributed by atoms with van der Waals surface area (Å²) >= 11 is 11.8. The number of aliphatic hydroxyl groups is 1. The number of hydrogen-bond donors (Lipinski definition) is 2. The first kappa shape index (κ1) is 17.6. The molecule has 0 saturated heterocycles. The number of benzene rings is 2. The number of nitrogens with one attached hydrogen (secondary N) is 1. The molecular weight excluding hydrogens is 337 g/mol. The highest BCUT2D eigenvalue weighted by Gasteiger charge is 2.11. The Morgan fingerprint density at radius 2 is 1.87 bits per heavy atom. The Morgan fingerprint density at radius 1 is 1.17 bits per heavy atom. The van der Waals surface area contributed by atoms with E-state index in [0.717, 1.165) is 5.56 Å². The number of halogens is 2. The van der Waals surface area contributed by atoms with Gasteiger partial charge >= 0.3 is 0 Å². The number of carbonyl (C=O) groups is 1. The average molecular weight is 354 g/mol. The Kier molecular flexibility index (Phi) is 6.28. The Balaban J connectivity index is 1.86. The van der Waals surface area contributed by atoms with Gasteiger partial charge in [-0.25, -0.2) is 0 Å². The SMILES string of the molecule is COc1ccc(C(O)CNC(=O)Cc2ccc(Cl)c(Cl)c2)cc1. The number of methoxy groups -OCH3 is 1. The molecule has 1 amide bonds. The molecule has 2 rings (SSSR count). The standard InChI is InChI=1S/C17H17Cl2NO3/c1-23-13-5-3-12(4-6-13)16(21)10-20-17(22)9-11-2-7-14(18)15(19)8-11/h2-8,16,21H,9-10H2,1H3,(H,20,22). The van der Waals surface area contributed by atoms with Crippen molar-refractivity contribution >= 4 is 29.1 Å². The maximum absolute atomic E-state index is 11.9. The zero-order chi connectivity index (χ0) is 16.8. The van der Waals surface area contributed by atoms with E-state index in [-0.39, 0.29) is 18.9 Å². The van der Waals surface area contributed by atoms with Gasteiger partial charge in [0, 0.05) is 6.54 Å². The molecule has 0 aliphatic carbocycles. The molecule has 1 unspecified atom stereocenters. The van der Waals surface area contributed by atoms with Crippen LogP contribution in [-0.4, -0.2) is 24.7 Å². The number of aliphatic hydroxyl groups excluding tert-OH is 1. The van der Waals surface area contributed by atoms with Crippen molar-refractivity contribution in [2.45, 2.75) is 12.5 Å². The zero-order valence-corrected chi connectivity index (χ0v) is 14.1. The summed E-state index contributed by atoms with van der Waals surface area (Å²) in [6.45, 7) is 0.131. The van der Waals surface area contributed by atoms with Crippen molar-refractivity contribution in [2.24, 2.45) is 0 Å². The average Bonchev–Trinajstić information content (AvgIpc) is 2.56. The van der Waals surface area contributed by atoms with E-state index in [9.17, 15) is 9.90 Å². The van der Waals surface area contributed by atoms with Crippen molar-refractivity contribution in [1.82, 2.24) is 5.32 Å². The summed E-state index contributed by atoms with van der Waals surface area (Å²) < 4.78 is 5.06. The summed E-state index contributed by atoms with van der Waals surface area (Å²) in [7, 11) is 1.58. The van der Waals surface area contributed by atoms with E-state index >= 15 is 0 Å². The molecule has 0 radical (unpaired) electrons. The number of amides is 1. The van der Waals surface area contributed by atoms with Crippen LogP contribution in [0.3, 0.4) is 0 Å². The fourth-order valence-corrected chi connectivity index (χ4v) is 2.37. The minimum Gasteiger partial charge on any atom is -0.497 e. The van der Waals surface area contributed by atoms with Crippen molar-refractivity contribution in [1.29, 1.82) is 0 Å². The van der Waals surface area contributed by atoms with Crippen LogP contribution in [0.25, 0.3) is 0 Å². The van der Waals surface area contributed by atoms with Gasteiger partial charge in [-0.3, -0.25) is 4.79 Å². The largest absolute Gasteiger partial charge is 0.497 e. The molecule has 2 aromatic rings. The Bertz CT molecular complexity index is 674. The van der Waals surface area contributed by atoms with Gasteiger partial charge in [0.15, 0.2) is 0 Å². The lowest BCUT2D eigenvalue weighted by Crippen LogP contribution is -2.29. The van der Waals surface area contributed by atoms with Gasteiger partial charge in [0.25, 0.3) is 0 Å². The summed E-state index contributed by atoms with van der Waals surface area (Å²) in [4.78, 5) is 11.9. The third-order valence-corrected chi connectivity index (χ3v) is 4.08. The molecule has 0 bridgehead atoms.